The summed E-state index contributed by atoms with van der Waals surface area (Å²) < 4.78 is 78.1. The first kappa shape index (κ1) is 30.3. The normalized spacial score (nSPS) is 14.0. The van der Waals surface area contributed by atoms with Gasteiger partial charge in [-0.3, -0.25) is 9.59 Å². The van der Waals surface area contributed by atoms with Crippen molar-refractivity contribution in [3.8, 4) is 0 Å². The van der Waals surface area contributed by atoms with E-state index in [1.807, 2.05) is 0 Å². The second kappa shape index (κ2) is 12.1. The molecular weight excluding hydrogens is 625 g/mol. The highest BCUT2D eigenvalue weighted by molar-refractivity contribution is 9.10. The number of amides is 2. The molecule has 0 aliphatic carbocycles. The predicted octanol–water partition coefficient (Wildman–Crippen LogP) is 7.57. The lowest BCUT2D eigenvalue weighted by molar-refractivity contribution is -0.139. The van der Waals surface area contributed by atoms with Crippen LogP contribution in [0.25, 0.3) is 6.08 Å². The average Bonchev–Trinajstić information content (AvgIpc) is 2.74. The third kappa shape index (κ3) is 8.57. The Morgan fingerprint density at radius 1 is 1.00 bits per heavy atom. The number of allylic oxidation sites excluding steroid dienone is 1. The molecule has 2 N–H and O–H groups in total. The van der Waals surface area contributed by atoms with Crippen molar-refractivity contribution in [3.05, 3.63) is 72.6 Å². The van der Waals surface area contributed by atoms with Crippen LogP contribution in [0.2, 0.25) is 15.1 Å². The van der Waals surface area contributed by atoms with Gasteiger partial charge in [-0.2, -0.15) is 26.3 Å². The van der Waals surface area contributed by atoms with Crippen LogP contribution in [-0.4, -0.2) is 36.8 Å². The quantitative estimate of drug-likeness (QED) is 0.243. The molecule has 2 aromatic carbocycles. The number of alkyl halides is 6. The molecule has 0 saturated heterocycles. The van der Waals surface area contributed by atoms with Crippen LogP contribution in [-0.2, 0) is 4.79 Å². The van der Waals surface area contributed by atoms with Crippen molar-refractivity contribution < 1.29 is 35.9 Å². The van der Waals surface area contributed by atoms with E-state index in [1.54, 1.807) is 5.32 Å². The third-order valence-corrected chi connectivity index (χ3v) is 6.36. The molecule has 14 heteroatoms. The minimum Gasteiger partial charge on any atom is -0.345 e. The molecule has 0 aliphatic rings. The van der Waals surface area contributed by atoms with E-state index >= 15 is 0 Å². The summed E-state index contributed by atoms with van der Waals surface area (Å²) in [6, 6.07) is 4.83. The molecule has 0 saturated carbocycles. The molecule has 0 bridgehead atoms. The van der Waals surface area contributed by atoms with Crippen LogP contribution in [0.15, 0.2) is 40.9 Å². The molecule has 2 amide bonds. The minimum atomic E-state index is -4.71. The molecule has 0 aliphatic heterocycles. The summed E-state index contributed by atoms with van der Waals surface area (Å²) in [6.07, 6.45) is -7.30. The van der Waals surface area contributed by atoms with Gasteiger partial charge in [-0.05, 0) is 58.2 Å². The second-order valence-corrected chi connectivity index (χ2v) is 9.51. The Labute approximate surface area is 225 Å². The van der Waals surface area contributed by atoms with Gasteiger partial charge in [-0.1, -0.05) is 53.0 Å². The monoisotopic (exact) mass is 638 g/mol. The number of carbonyl (C=O) groups is 2. The van der Waals surface area contributed by atoms with Gasteiger partial charge >= 0.3 is 12.4 Å². The lowest BCUT2D eigenvalue weighted by Gasteiger charge is -2.19. The van der Waals surface area contributed by atoms with Gasteiger partial charge in [0.15, 0.2) is 0 Å². The third-order valence-electron chi connectivity index (χ3n) is 4.65. The molecule has 2 atom stereocenters. The predicted molar refractivity (Wildman–Crippen MR) is 129 cm³/mol. The smallest absolute Gasteiger partial charge is 0.345 e. The molecule has 0 radical (unpaired) electrons. The topological polar surface area (TPSA) is 58.2 Å². The van der Waals surface area contributed by atoms with Gasteiger partial charge in [0.1, 0.15) is 12.6 Å². The molecule has 4 nitrogen and oxygen atoms in total. The Bertz CT molecular complexity index is 1170. The number of halogens is 10. The molecule has 2 aromatic rings. The standard InChI is InChI=1S/C22H16BrCl3F6N2O2/c1-10(19(35)33-9-21(27,28)29)34-20(36)12-4-2-11(6-15(12)23)3-5-14(22(30,31)32)13-7-17(25)18(26)8-16(13)24/h2-8,10,14H,9H2,1H3,(H,33,35)(H,34,36)/b5-3+. The van der Waals surface area contributed by atoms with Crippen LogP contribution in [0.5, 0.6) is 0 Å². The Morgan fingerprint density at radius 2 is 1.61 bits per heavy atom. The average molecular weight is 641 g/mol. The summed E-state index contributed by atoms with van der Waals surface area (Å²) in [5.74, 6) is -3.95. The van der Waals surface area contributed by atoms with Crippen LogP contribution in [0.4, 0.5) is 26.3 Å². The Kier molecular flexibility index (Phi) is 10.1. The van der Waals surface area contributed by atoms with Crippen LogP contribution in [0.1, 0.15) is 34.3 Å². The lowest BCUT2D eigenvalue weighted by Crippen LogP contribution is -2.47. The van der Waals surface area contributed by atoms with E-state index in [1.165, 1.54) is 25.1 Å². The Morgan fingerprint density at radius 3 is 2.17 bits per heavy atom. The highest BCUT2D eigenvalue weighted by Gasteiger charge is 2.40. The van der Waals surface area contributed by atoms with Crippen molar-refractivity contribution >= 4 is 68.6 Å². The Hall–Kier alpha value is -1.95. The van der Waals surface area contributed by atoms with Gasteiger partial charge in [0, 0.05) is 9.50 Å². The van der Waals surface area contributed by atoms with Gasteiger partial charge < -0.3 is 10.6 Å². The van der Waals surface area contributed by atoms with Crippen molar-refractivity contribution in [1.82, 2.24) is 10.6 Å². The summed E-state index contributed by atoms with van der Waals surface area (Å²) in [6.45, 7) is -0.358. The zero-order valence-electron chi connectivity index (χ0n) is 18.0. The van der Waals surface area contributed by atoms with E-state index in [2.05, 4.69) is 21.2 Å². The van der Waals surface area contributed by atoms with Crippen molar-refractivity contribution in [3.63, 3.8) is 0 Å². The SMILES string of the molecule is CC(NC(=O)c1ccc(/C=C/C(c2cc(Cl)c(Cl)cc2Cl)C(F)(F)F)cc1Br)C(=O)NCC(F)(F)F. The summed E-state index contributed by atoms with van der Waals surface area (Å²) in [7, 11) is 0. The van der Waals surface area contributed by atoms with E-state index in [0.717, 1.165) is 24.3 Å². The maximum Gasteiger partial charge on any atom is 0.405 e. The van der Waals surface area contributed by atoms with E-state index < -0.39 is 42.7 Å². The van der Waals surface area contributed by atoms with Crippen LogP contribution < -0.4 is 10.6 Å². The molecular formula is C22H16BrCl3F6N2O2. The summed E-state index contributed by atoms with van der Waals surface area (Å²) in [4.78, 5) is 24.2. The van der Waals surface area contributed by atoms with Crippen LogP contribution in [0.3, 0.4) is 0 Å². The molecule has 0 spiro atoms. The summed E-state index contributed by atoms with van der Waals surface area (Å²) in [5, 5.41) is 3.57. The number of carbonyl (C=O) groups excluding carboxylic acids is 2. The van der Waals surface area contributed by atoms with Crippen molar-refractivity contribution in [2.75, 3.05) is 6.54 Å². The molecule has 196 valence electrons. The molecule has 0 fully saturated rings. The van der Waals surface area contributed by atoms with E-state index in [-0.39, 0.29) is 36.2 Å². The first-order valence-corrected chi connectivity index (χ1v) is 11.8. The highest BCUT2D eigenvalue weighted by atomic mass is 79.9. The molecule has 0 heterocycles. The second-order valence-electron chi connectivity index (χ2n) is 7.43. The van der Waals surface area contributed by atoms with E-state index in [4.69, 9.17) is 34.8 Å². The minimum absolute atomic E-state index is 0.000248. The van der Waals surface area contributed by atoms with Gasteiger partial charge in [-0.25, -0.2) is 0 Å². The number of hydrogen-bond acceptors (Lipinski definition) is 2. The fourth-order valence-electron chi connectivity index (χ4n) is 2.87. The molecule has 2 unspecified atom stereocenters. The van der Waals surface area contributed by atoms with Crippen LogP contribution in [0, 0.1) is 0 Å². The Balaban J connectivity index is 2.20. The first-order chi connectivity index (χ1) is 16.5. The lowest BCUT2D eigenvalue weighted by atomic mass is 9.96. The number of hydrogen-bond donors (Lipinski definition) is 2. The number of nitrogens with one attached hydrogen (secondary N) is 2. The van der Waals surface area contributed by atoms with Crippen molar-refractivity contribution in [1.29, 1.82) is 0 Å². The van der Waals surface area contributed by atoms with E-state index in [9.17, 15) is 35.9 Å². The number of rotatable bonds is 7. The molecule has 36 heavy (non-hydrogen) atoms. The fourth-order valence-corrected chi connectivity index (χ4v) is 4.12. The largest absolute Gasteiger partial charge is 0.405 e. The van der Waals surface area contributed by atoms with Crippen molar-refractivity contribution in [2.24, 2.45) is 0 Å². The van der Waals surface area contributed by atoms with Gasteiger partial charge in [-0.15, -0.1) is 0 Å². The fraction of sp³-hybridized carbons (Fsp3) is 0.273. The maximum absolute atomic E-state index is 13.7. The summed E-state index contributed by atoms with van der Waals surface area (Å²) >= 11 is 20.7. The van der Waals surface area contributed by atoms with Crippen LogP contribution >= 0.6 is 50.7 Å². The maximum atomic E-state index is 13.7. The summed E-state index contributed by atoms with van der Waals surface area (Å²) in [5.41, 5.74) is -0.0231. The molecule has 2 rings (SSSR count). The van der Waals surface area contributed by atoms with Gasteiger partial charge in [0.2, 0.25) is 5.91 Å². The highest BCUT2D eigenvalue weighted by Crippen LogP contribution is 2.42. The zero-order valence-corrected chi connectivity index (χ0v) is 21.9. The first-order valence-electron chi connectivity index (χ1n) is 9.84. The van der Waals surface area contributed by atoms with Gasteiger partial charge in [0.05, 0.1) is 21.5 Å². The van der Waals surface area contributed by atoms with Gasteiger partial charge in [0.25, 0.3) is 5.91 Å². The molecule has 0 aromatic heterocycles. The van der Waals surface area contributed by atoms with E-state index in [0.29, 0.717) is 0 Å². The number of benzene rings is 2. The zero-order chi connectivity index (χ0) is 27.4. The van der Waals surface area contributed by atoms with Crippen molar-refractivity contribution in [2.45, 2.75) is 31.2 Å².